The van der Waals surface area contributed by atoms with E-state index >= 15 is 0 Å². The second-order valence-electron chi connectivity index (χ2n) is 4.72. The summed E-state index contributed by atoms with van der Waals surface area (Å²) in [6, 6.07) is 5.68. The fourth-order valence-electron chi connectivity index (χ4n) is 2.21. The molecule has 0 amide bonds. The molecule has 0 spiro atoms. The molecule has 0 saturated carbocycles. The average molecular weight is 263 g/mol. The highest BCUT2D eigenvalue weighted by atomic mass is 16.5. The SMILES string of the molecule is CCCN(CCC)Cc1cc(C(=N)N)ccc1OC. The molecule has 0 atom stereocenters. The van der Waals surface area contributed by atoms with Crippen molar-refractivity contribution in [3.05, 3.63) is 29.3 Å². The number of nitrogens with zero attached hydrogens (tertiary/aromatic N) is 1. The Kier molecular flexibility index (Phi) is 6.36. The molecule has 0 aliphatic carbocycles. The van der Waals surface area contributed by atoms with Gasteiger partial charge in [-0.25, -0.2) is 0 Å². The summed E-state index contributed by atoms with van der Waals surface area (Å²) in [7, 11) is 1.68. The molecule has 0 aliphatic rings. The number of ether oxygens (including phenoxy) is 1. The van der Waals surface area contributed by atoms with Crippen LogP contribution in [0.1, 0.15) is 37.8 Å². The highest BCUT2D eigenvalue weighted by molar-refractivity contribution is 5.95. The van der Waals surface area contributed by atoms with Crippen LogP contribution in [0.2, 0.25) is 0 Å². The quantitative estimate of drug-likeness (QED) is 0.560. The van der Waals surface area contributed by atoms with Gasteiger partial charge in [0.25, 0.3) is 0 Å². The van der Waals surface area contributed by atoms with Crippen LogP contribution in [0.3, 0.4) is 0 Å². The van der Waals surface area contributed by atoms with Crippen LogP contribution in [0.5, 0.6) is 5.75 Å². The zero-order chi connectivity index (χ0) is 14.3. The predicted molar refractivity (Wildman–Crippen MR) is 79.9 cm³/mol. The van der Waals surface area contributed by atoms with Crippen LogP contribution in [0.15, 0.2) is 18.2 Å². The highest BCUT2D eigenvalue weighted by Gasteiger charge is 2.10. The van der Waals surface area contributed by atoms with Gasteiger partial charge in [-0.1, -0.05) is 13.8 Å². The maximum atomic E-state index is 7.53. The van der Waals surface area contributed by atoms with Crippen LogP contribution in [-0.2, 0) is 6.54 Å². The van der Waals surface area contributed by atoms with E-state index in [0.717, 1.165) is 49.4 Å². The van der Waals surface area contributed by atoms with E-state index < -0.39 is 0 Å². The van der Waals surface area contributed by atoms with Crippen molar-refractivity contribution in [3.63, 3.8) is 0 Å². The van der Waals surface area contributed by atoms with Crippen molar-refractivity contribution in [2.45, 2.75) is 33.2 Å². The first-order valence-electron chi connectivity index (χ1n) is 6.86. The Balaban J connectivity index is 2.94. The molecule has 3 N–H and O–H groups in total. The molecule has 1 aromatic rings. The van der Waals surface area contributed by atoms with Crippen molar-refractivity contribution in [2.75, 3.05) is 20.2 Å². The second-order valence-corrected chi connectivity index (χ2v) is 4.72. The maximum Gasteiger partial charge on any atom is 0.123 e. The predicted octanol–water partition coefficient (Wildman–Crippen LogP) is 2.60. The Morgan fingerprint density at radius 1 is 1.26 bits per heavy atom. The van der Waals surface area contributed by atoms with Crippen molar-refractivity contribution < 1.29 is 4.74 Å². The van der Waals surface area contributed by atoms with Crippen LogP contribution < -0.4 is 10.5 Å². The molecule has 0 radical (unpaired) electrons. The molecule has 0 saturated heterocycles. The lowest BCUT2D eigenvalue weighted by molar-refractivity contribution is 0.262. The number of hydrogen-bond acceptors (Lipinski definition) is 3. The van der Waals surface area contributed by atoms with Gasteiger partial charge in [0.15, 0.2) is 0 Å². The topological polar surface area (TPSA) is 62.3 Å². The lowest BCUT2D eigenvalue weighted by Gasteiger charge is -2.22. The summed E-state index contributed by atoms with van der Waals surface area (Å²) >= 11 is 0. The van der Waals surface area contributed by atoms with Gasteiger partial charge in [-0.2, -0.15) is 0 Å². The molecule has 106 valence electrons. The molecule has 0 aliphatic heterocycles. The van der Waals surface area contributed by atoms with E-state index in [2.05, 4.69) is 18.7 Å². The highest BCUT2D eigenvalue weighted by Crippen LogP contribution is 2.21. The number of hydrogen-bond donors (Lipinski definition) is 2. The third-order valence-corrected chi connectivity index (χ3v) is 3.07. The van der Waals surface area contributed by atoms with Crippen LogP contribution in [0, 0.1) is 5.41 Å². The molecule has 0 heterocycles. The molecular formula is C15H25N3O. The number of nitrogen functional groups attached to an aromatic ring is 1. The largest absolute Gasteiger partial charge is 0.496 e. The van der Waals surface area contributed by atoms with Crippen molar-refractivity contribution in [3.8, 4) is 5.75 Å². The summed E-state index contributed by atoms with van der Waals surface area (Å²) in [6.07, 6.45) is 2.27. The van der Waals surface area contributed by atoms with Gasteiger partial charge in [0.1, 0.15) is 11.6 Å². The van der Waals surface area contributed by atoms with Crippen molar-refractivity contribution >= 4 is 5.84 Å². The Hall–Kier alpha value is -1.55. The summed E-state index contributed by atoms with van der Waals surface area (Å²) in [6.45, 7) is 7.35. The molecule has 0 aromatic heterocycles. The van der Waals surface area contributed by atoms with Gasteiger partial charge in [-0.3, -0.25) is 10.3 Å². The van der Waals surface area contributed by atoms with E-state index in [1.54, 1.807) is 7.11 Å². The van der Waals surface area contributed by atoms with E-state index in [-0.39, 0.29) is 5.84 Å². The summed E-state index contributed by atoms with van der Waals surface area (Å²) in [5.41, 5.74) is 7.40. The molecule has 0 unspecified atom stereocenters. The van der Waals surface area contributed by atoms with E-state index in [9.17, 15) is 0 Å². The number of methoxy groups -OCH3 is 1. The Morgan fingerprint density at radius 2 is 1.89 bits per heavy atom. The smallest absolute Gasteiger partial charge is 0.123 e. The normalized spacial score (nSPS) is 10.7. The van der Waals surface area contributed by atoms with Crippen LogP contribution >= 0.6 is 0 Å². The zero-order valence-electron chi connectivity index (χ0n) is 12.2. The van der Waals surface area contributed by atoms with Crippen molar-refractivity contribution in [1.82, 2.24) is 4.90 Å². The van der Waals surface area contributed by atoms with Crippen LogP contribution in [0.25, 0.3) is 0 Å². The molecule has 4 nitrogen and oxygen atoms in total. The van der Waals surface area contributed by atoms with Gasteiger partial charge in [0, 0.05) is 17.7 Å². The third kappa shape index (κ3) is 4.56. The molecule has 1 rings (SSSR count). The number of nitrogens with one attached hydrogen (secondary N) is 1. The number of nitrogens with two attached hydrogens (primary N) is 1. The first kappa shape index (κ1) is 15.5. The third-order valence-electron chi connectivity index (χ3n) is 3.07. The lowest BCUT2D eigenvalue weighted by Crippen LogP contribution is -2.25. The van der Waals surface area contributed by atoms with Crippen molar-refractivity contribution in [2.24, 2.45) is 5.73 Å². The Bertz CT molecular complexity index is 412. The summed E-state index contributed by atoms with van der Waals surface area (Å²) in [5.74, 6) is 0.962. The van der Waals surface area contributed by atoms with E-state index in [1.807, 2.05) is 18.2 Å². The molecule has 19 heavy (non-hydrogen) atoms. The van der Waals surface area contributed by atoms with E-state index in [4.69, 9.17) is 15.9 Å². The average Bonchev–Trinajstić information content (AvgIpc) is 2.39. The fourth-order valence-corrected chi connectivity index (χ4v) is 2.21. The monoisotopic (exact) mass is 263 g/mol. The molecule has 0 bridgehead atoms. The zero-order valence-corrected chi connectivity index (χ0v) is 12.2. The first-order chi connectivity index (χ1) is 9.12. The summed E-state index contributed by atoms with van der Waals surface area (Å²) in [5, 5.41) is 7.53. The van der Waals surface area contributed by atoms with Gasteiger partial charge in [-0.15, -0.1) is 0 Å². The lowest BCUT2D eigenvalue weighted by atomic mass is 10.1. The number of amidine groups is 1. The van der Waals surface area contributed by atoms with E-state index in [1.165, 1.54) is 0 Å². The number of benzene rings is 1. The number of rotatable bonds is 8. The first-order valence-corrected chi connectivity index (χ1v) is 6.86. The minimum absolute atomic E-state index is 0.0986. The second kappa shape index (κ2) is 7.79. The minimum atomic E-state index is 0.0986. The Labute approximate surface area is 116 Å². The van der Waals surface area contributed by atoms with Gasteiger partial charge < -0.3 is 10.5 Å². The van der Waals surface area contributed by atoms with Gasteiger partial charge in [0.05, 0.1) is 7.11 Å². The van der Waals surface area contributed by atoms with Crippen LogP contribution in [0.4, 0.5) is 0 Å². The van der Waals surface area contributed by atoms with E-state index in [0.29, 0.717) is 0 Å². The summed E-state index contributed by atoms with van der Waals surface area (Å²) in [4.78, 5) is 2.40. The van der Waals surface area contributed by atoms with Gasteiger partial charge in [-0.05, 0) is 44.1 Å². The van der Waals surface area contributed by atoms with Gasteiger partial charge in [0.2, 0.25) is 0 Å². The molecule has 1 aromatic carbocycles. The Morgan fingerprint density at radius 3 is 2.37 bits per heavy atom. The molecular weight excluding hydrogens is 238 g/mol. The summed E-state index contributed by atoms with van der Waals surface area (Å²) < 4.78 is 5.40. The van der Waals surface area contributed by atoms with Crippen molar-refractivity contribution in [1.29, 1.82) is 5.41 Å². The minimum Gasteiger partial charge on any atom is -0.496 e. The molecule has 4 heteroatoms. The van der Waals surface area contributed by atoms with Crippen LogP contribution in [-0.4, -0.2) is 30.9 Å². The maximum absolute atomic E-state index is 7.53. The fraction of sp³-hybridized carbons (Fsp3) is 0.533. The molecule has 0 fully saturated rings. The van der Waals surface area contributed by atoms with Gasteiger partial charge >= 0.3 is 0 Å². The standard InChI is InChI=1S/C15H25N3O/c1-4-8-18(9-5-2)11-13-10-12(15(16)17)6-7-14(13)19-3/h6-7,10H,4-5,8-9,11H2,1-3H3,(H3,16,17).